The summed E-state index contributed by atoms with van der Waals surface area (Å²) < 4.78 is 24.6. The van der Waals surface area contributed by atoms with Gasteiger partial charge in [-0.1, -0.05) is 12.1 Å². The molecular formula is C17H16FN3O4. The molecule has 130 valence electrons. The predicted octanol–water partition coefficient (Wildman–Crippen LogP) is 2.09. The van der Waals surface area contributed by atoms with Crippen LogP contribution in [0.25, 0.3) is 11.3 Å². The molecule has 1 aromatic heterocycles. The maximum Gasteiger partial charge on any atom is 0.408 e. The number of carbonyl (C=O) groups excluding carboxylic acids is 2. The summed E-state index contributed by atoms with van der Waals surface area (Å²) in [7, 11) is 0. The van der Waals surface area contributed by atoms with Gasteiger partial charge in [0, 0.05) is 17.7 Å². The van der Waals surface area contributed by atoms with Crippen molar-refractivity contribution < 1.29 is 23.1 Å². The molecule has 2 aliphatic heterocycles. The Kier molecular flexibility index (Phi) is 3.60. The highest BCUT2D eigenvalue weighted by Gasteiger charge is 2.52. The zero-order chi connectivity index (χ0) is 17.4. The summed E-state index contributed by atoms with van der Waals surface area (Å²) in [5.74, 6) is 0.170. The summed E-state index contributed by atoms with van der Waals surface area (Å²) in [6.45, 7) is 1.14. The predicted molar refractivity (Wildman–Crippen MR) is 85.1 cm³/mol. The minimum absolute atomic E-state index is 0.0740. The van der Waals surface area contributed by atoms with Gasteiger partial charge in [0.2, 0.25) is 0 Å². The second-order valence-corrected chi connectivity index (χ2v) is 6.22. The van der Waals surface area contributed by atoms with Gasteiger partial charge in [-0.05, 0) is 18.2 Å². The summed E-state index contributed by atoms with van der Waals surface area (Å²) in [5.41, 5.74) is 0.412. The van der Waals surface area contributed by atoms with Gasteiger partial charge in [0.05, 0.1) is 25.9 Å². The largest absolute Gasteiger partial charge is 0.464 e. The Morgan fingerprint density at radius 1 is 1.36 bits per heavy atom. The normalized spacial score (nSPS) is 17.8. The van der Waals surface area contributed by atoms with Crippen molar-refractivity contribution in [1.29, 1.82) is 0 Å². The molecule has 3 amide bonds. The molecule has 0 aliphatic carbocycles. The number of likely N-dealkylation sites (tertiary alicyclic amines) is 1. The first-order valence-electron chi connectivity index (χ1n) is 7.87. The second kappa shape index (κ2) is 5.80. The number of rotatable bonds is 3. The van der Waals surface area contributed by atoms with Crippen LogP contribution in [0.15, 0.2) is 41.0 Å². The third-order valence-electron chi connectivity index (χ3n) is 4.40. The number of amides is 3. The third kappa shape index (κ3) is 2.90. The highest BCUT2D eigenvalue weighted by Crippen LogP contribution is 2.28. The van der Waals surface area contributed by atoms with Crippen molar-refractivity contribution in [2.24, 2.45) is 0 Å². The quantitative estimate of drug-likeness (QED) is 0.892. The van der Waals surface area contributed by atoms with E-state index in [9.17, 15) is 14.0 Å². The summed E-state index contributed by atoms with van der Waals surface area (Å²) in [5, 5.41) is 5.25. The Morgan fingerprint density at radius 3 is 2.84 bits per heavy atom. The Hall–Kier alpha value is -3.03. The Balaban J connectivity index is 1.33. The van der Waals surface area contributed by atoms with Crippen LogP contribution in [0.5, 0.6) is 0 Å². The van der Waals surface area contributed by atoms with Gasteiger partial charge in [-0.25, -0.2) is 14.0 Å². The fourth-order valence-electron chi connectivity index (χ4n) is 3.04. The van der Waals surface area contributed by atoms with Crippen molar-refractivity contribution in [1.82, 2.24) is 15.5 Å². The molecular weight excluding hydrogens is 329 g/mol. The van der Waals surface area contributed by atoms with Crippen molar-refractivity contribution in [2.75, 3.05) is 19.6 Å². The summed E-state index contributed by atoms with van der Waals surface area (Å²) in [6, 6.07) is 7.91. The van der Waals surface area contributed by atoms with E-state index in [1.165, 1.54) is 17.2 Å². The van der Waals surface area contributed by atoms with Gasteiger partial charge in [0.15, 0.2) is 5.60 Å². The second-order valence-electron chi connectivity index (χ2n) is 6.22. The molecule has 2 aromatic rings. The molecule has 1 spiro atoms. The molecule has 3 heterocycles. The minimum Gasteiger partial charge on any atom is -0.464 e. The van der Waals surface area contributed by atoms with Crippen LogP contribution in [-0.4, -0.2) is 42.3 Å². The molecule has 7 nitrogen and oxygen atoms in total. The van der Waals surface area contributed by atoms with E-state index in [1.807, 2.05) is 0 Å². The Bertz CT molecular complexity index is 815. The number of furan rings is 1. The fourth-order valence-corrected chi connectivity index (χ4v) is 3.04. The molecule has 0 atom stereocenters. The molecule has 25 heavy (non-hydrogen) atoms. The molecule has 0 unspecified atom stereocenters. The van der Waals surface area contributed by atoms with Gasteiger partial charge in [-0.3, -0.25) is 0 Å². The lowest BCUT2D eigenvalue weighted by atomic mass is 9.95. The molecule has 2 saturated heterocycles. The first-order valence-corrected chi connectivity index (χ1v) is 7.87. The van der Waals surface area contributed by atoms with E-state index in [0.29, 0.717) is 36.5 Å². The molecule has 0 bridgehead atoms. The third-order valence-corrected chi connectivity index (χ3v) is 4.40. The van der Waals surface area contributed by atoms with Crippen molar-refractivity contribution >= 4 is 12.1 Å². The van der Waals surface area contributed by atoms with Crippen LogP contribution < -0.4 is 10.6 Å². The molecule has 0 radical (unpaired) electrons. The number of carbonyl (C=O) groups is 2. The van der Waals surface area contributed by atoms with Crippen molar-refractivity contribution in [2.45, 2.75) is 12.1 Å². The monoisotopic (exact) mass is 345 g/mol. The van der Waals surface area contributed by atoms with Crippen LogP contribution in [0.3, 0.4) is 0 Å². The van der Waals surface area contributed by atoms with E-state index in [1.54, 1.807) is 24.3 Å². The zero-order valence-corrected chi connectivity index (χ0v) is 13.3. The summed E-state index contributed by atoms with van der Waals surface area (Å²) >= 11 is 0. The molecule has 2 fully saturated rings. The van der Waals surface area contributed by atoms with Gasteiger partial charge < -0.3 is 24.7 Å². The highest BCUT2D eigenvalue weighted by molar-refractivity contribution is 5.77. The van der Waals surface area contributed by atoms with Crippen LogP contribution in [-0.2, 0) is 11.3 Å². The van der Waals surface area contributed by atoms with E-state index in [4.69, 9.17) is 9.15 Å². The van der Waals surface area contributed by atoms with Crippen LogP contribution in [0, 0.1) is 5.82 Å². The van der Waals surface area contributed by atoms with Crippen LogP contribution in [0.2, 0.25) is 0 Å². The van der Waals surface area contributed by atoms with Gasteiger partial charge in [0.1, 0.15) is 11.6 Å². The van der Waals surface area contributed by atoms with E-state index in [0.717, 1.165) is 0 Å². The standard InChI is InChI=1S/C17H16FN3O4/c18-13-6-11(14-2-1-5-24-14)3-4-12(13)7-19-15(22)21-9-17(10-21)8-20-16(23)25-17/h1-6H,7-10H2,(H,19,22)(H,20,23). The fraction of sp³-hybridized carbons (Fsp3) is 0.294. The summed E-state index contributed by atoms with van der Waals surface area (Å²) in [6.07, 6.45) is 1.07. The van der Waals surface area contributed by atoms with E-state index < -0.39 is 17.5 Å². The average molecular weight is 345 g/mol. The van der Waals surface area contributed by atoms with Gasteiger partial charge in [-0.2, -0.15) is 0 Å². The molecule has 8 heteroatoms. The molecule has 1 aromatic carbocycles. The number of benzene rings is 1. The number of hydrogen-bond donors (Lipinski definition) is 2. The van der Waals surface area contributed by atoms with E-state index >= 15 is 0 Å². The lowest BCUT2D eigenvalue weighted by Crippen LogP contribution is -2.66. The Morgan fingerprint density at radius 2 is 2.20 bits per heavy atom. The van der Waals surface area contributed by atoms with Crippen LogP contribution in [0.4, 0.5) is 14.0 Å². The van der Waals surface area contributed by atoms with Crippen LogP contribution >= 0.6 is 0 Å². The summed E-state index contributed by atoms with van der Waals surface area (Å²) in [4.78, 5) is 24.7. The number of hydrogen-bond acceptors (Lipinski definition) is 4. The minimum atomic E-state index is -0.607. The van der Waals surface area contributed by atoms with Gasteiger partial charge in [0.25, 0.3) is 0 Å². The SMILES string of the molecule is O=C1NCC2(CN(C(=O)NCc3ccc(-c4ccco4)cc3F)C2)O1. The topological polar surface area (TPSA) is 83.8 Å². The van der Waals surface area contributed by atoms with Gasteiger partial charge >= 0.3 is 12.1 Å². The number of nitrogens with one attached hydrogen (secondary N) is 2. The highest BCUT2D eigenvalue weighted by atomic mass is 19.1. The van der Waals surface area contributed by atoms with Crippen molar-refractivity contribution in [3.63, 3.8) is 0 Å². The lowest BCUT2D eigenvalue weighted by molar-refractivity contribution is -0.0508. The maximum atomic E-state index is 14.2. The van der Waals surface area contributed by atoms with Crippen LogP contribution in [0.1, 0.15) is 5.56 Å². The van der Waals surface area contributed by atoms with E-state index in [2.05, 4.69) is 10.6 Å². The first-order chi connectivity index (χ1) is 12.0. The molecule has 4 rings (SSSR count). The first kappa shape index (κ1) is 15.5. The molecule has 0 saturated carbocycles. The van der Waals surface area contributed by atoms with Gasteiger partial charge in [-0.15, -0.1) is 0 Å². The number of alkyl carbamates (subject to hydrolysis) is 1. The number of nitrogens with zero attached hydrogens (tertiary/aromatic N) is 1. The molecule has 2 aliphatic rings. The smallest absolute Gasteiger partial charge is 0.408 e. The zero-order valence-electron chi connectivity index (χ0n) is 13.3. The average Bonchev–Trinajstić information content (AvgIpc) is 3.21. The maximum absolute atomic E-state index is 14.2. The number of ether oxygens (including phenoxy) is 1. The number of halogens is 1. The Labute approximate surface area is 142 Å². The van der Waals surface area contributed by atoms with Crippen molar-refractivity contribution in [3.05, 3.63) is 48.0 Å². The molecule has 2 N–H and O–H groups in total. The van der Waals surface area contributed by atoms with Crippen molar-refractivity contribution in [3.8, 4) is 11.3 Å². The lowest BCUT2D eigenvalue weighted by Gasteiger charge is -2.44. The number of urea groups is 1. The van der Waals surface area contributed by atoms with E-state index in [-0.39, 0.29) is 12.6 Å².